The molecule has 4 nitrogen and oxygen atoms in total. The van der Waals surface area contributed by atoms with E-state index in [0.717, 1.165) is 13.1 Å². The second kappa shape index (κ2) is 7.29. The number of nitrogens with zero attached hydrogens (tertiary/aromatic N) is 1. The average Bonchev–Trinajstić information content (AvgIpc) is 3.10. The summed E-state index contributed by atoms with van der Waals surface area (Å²) in [5.41, 5.74) is 2.27. The quantitative estimate of drug-likeness (QED) is 0.855. The van der Waals surface area contributed by atoms with E-state index < -0.39 is 5.97 Å². The number of nitrogens with one attached hydrogen (secondary N) is 1. The van der Waals surface area contributed by atoms with E-state index in [1.165, 1.54) is 18.4 Å². The topological polar surface area (TPSA) is 52.6 Å². The van der Waals surface area contributed by atoms with Gasteiger partial charge in [0.15, 0.2) is 0 Å². The van der Waals surface area contributed by atoms with E-state index in [2.05, 4.69) is 34.5 Å². The molecule has 23 heavy (non-hydrogen) atoms. The number of carboxylic acids is 1. The van der Waals surface area contributed by atoms with E-state index in [4.69, 9.17) is 0 Å². The molecule has 0 aliphatic carbocycles. The molecule has 1 unspecified atom stereocenters. The molecule has 0 aromatic heterocycles. The van der Waals surface area contributed by atoms with Crippen LogP contribution in [0.25, 0.3) is 0 Å². The smallest absolute Gasteiger partial charge is 0.337 e. The standard InChI is InChI=1S/C19H22N2O2/c22-19(23)16-10-4-5-11-17(16)20-14-18(21-12-6-7-13-21)15-8-2-1-3-9-15/h1-5,8-11,18,20H,6-7,12-14H2,(H,22,23). The first kappa shape index (κ1) is 15.6. The molecule has 0 saturated carbocycles. The van der Waals surface area contributed by atoms with Crippen LogP contribution in [-0.4, -0.2) is 35.6 Å². The monoisotopic (exact) mass is 310 g/mol. The van der Waals surface area contributed by atoms with Gasteiger partial charge in [-0.25, -0.2) is 4.79 Å². The van der Waals surface area contributed by atoms with Gasteiger partial charge in [-0.05, 0) is 43.6 Å². The number of rotatable bonds is 6. The Morgan fingerprint density at radius 3 is 2.39 bits per heavy atom. The van der Waals surface area contributed by atoms with Crippen LogP contribution in [0.3, 0.4) is 0 Å². The molecule has 0 spiro atoms. The highest BCUT2D eigenvalue weighted by Crippen LogP contribution is 2.26. The Hall–Kier alpha value is -2.33. The van der Waals surface area contributed by atoms with E-state index in [9.17, 15) is 9.90 Å². The number of benzene rings is 2. The zero-order valence-corrected chi connectivity index (χ0v) is 13.1. The summed E-state index contributed by atoms with van der Waals surface area (Å²) in [5, 5.41) is 12.7. The normalized spacial score (nSPS) is 16.2. The minimum absolute atomic E-state index is 0.264. The summed E-state index contributed by atoms with van der Waals surface area (Å²) in [6.45, 7) is 2.90. The molecule has 0 radical (unpaired) electrons. The molecule has 1 aliphatic heterocycles. The molecule has 2 N–H and O–H groups in total. The van der Waals surface area contributed by atoms with Gasteiger partial charge in [0.25, 0.3) is 0 Å². The molecule has 2 aromatic rings. The maximum absolute atomic E-state index is 11.3. The van der Waals surface area contributed by atoms with Gasteiger partial charge in [-0.15, -0.1) is 0 Å². The van der Waals surface area contributed by atoms with Crippen molar-refractivity contribution < 1.29 is 9.90 Å². The average molecular weight is 310 g/mol. The van der Waals surface area contributed by atoms with Crippen molar-refractivity contribution >= 4 is 11.7 Å². The first-order chi connectivity index (χ1) is 11.3. The number of carbonyl (C=O) groups is 1. The van der Waals surface area contributed by atoms with E-state index in [-0.39, 0.29) is 6.04 Å². The van der Waals surface area contributed by atoms with Crippen LogP contribution in [-0.2, 0) is 0 Å². The largest absolute Gasteiger partial charge is 0.478 e. The zero-order chi connectivity index (χ0) is 16.1. The van der Waals surface area contributed by atoms with Crippen LogP contribution in [0, 0.1) is 0 Å². The summed E-state index contributed by atoms with van der Waals surface area (Å²) in [5.74, 6) is -0.898. The van der Waals surface area contributed by atoms with E-state index in [1.807, 2.05) is 18.2 Å². The van der Waals surface area contributed by atoms with Crippen molar-refractivity contribution in [1.82, 2.24) is 4.90 Å². The molecular formula is C19H22N2O2. The summed E-state index contributed by atoms with van der Waals surface area (Å²) >= 11 is 0. The van der Waals surface area contributed by atoms with Gasteiger partial charge in [-0.1, -0.05) is 42.5 Å². The fourth-order valence-electron chi connectivity index (χ4n) is 3.22. The van der Waals surface area contributed by atoms with Crippen LogP contribution >= 0.6 is 0 Å². The van der Waals surface area contributed by atoms with Crippen LogP contribution < -0.4 is 5.32 Å². The van der Waals surface area contributed by atoms with Gasteiger partial charge in [0.2, 0.25) is 0 Å². The fourth-order valence-corrected chi connectivity index (χ4v) is 3.22. The first-order valence-corrected chi connectivity index (χ1v) is 8.11. The van der Waals surface area contributed by atoms with Crippen molar-refractivity contribution in [2.45, 2.75) is 18.9 Å². The summed E-state index contributed by atoms with van der Waals surface area (Å²) in [6, 6.07) is 17.8. The lowest BCUT2D eigenvalue weighted by Crippen LogP contribution is -2.31. The highest BCUT2D eigenvalue weighted by molar-refractivity contribution is 5.94. The van der Waals surface area contributed by atoms with Gasteiger partial charge in [-0.3, -0.25) is 4.90 Å². The van der Waals surface area contributed by atoms with E-state index in [1.54, 1.807) is 12.1 Å². The van der Waals surface area contributed by atoms with Crippen molar-refractivity contribution in [2.24, 2.45) is 0 Å². The minimum atomic E-state index is -0.898. The zero-order valence-electron chi connectivity index (χ0n) is 13.1. The molecule has 120 valence electrons. The number of likely N-dealkylation sites (tertiary alicyclic amines) is 1. The summed E-state index contributed by atoms with van der Waals surface area (Å²) in [4.78, 5) is 13.8. The number of anilines is 1. The number of hydrogen-bond donors (Lipinski definition) is 2. The fraction of sp³-hybridized carbons (Fsp3) is 0.316. The molecule has 0 amide bonds. The van der Waals surface area contributed by atoms with Gasteiger partial charge in [0, 0.05) is 12.2 Å². The molecule has 1 fully saturated rings. The summed E-state index contributed by atoms with van der Waals surface area (Å²) < 4.78 is 0. The lowest BCUT2D eigenvalue weighted by Gasteiger charge is -2.28. The predicted octanol–water partition coefficient (Wildman–Crippen LogP) is 3.63. The number of para-hydroxylation sites is 1. The van der Waals surface area contributed by atoms with Crippen molar-refractivity contribution in [3.63, 3.8) is 0 Å². The third kappa shape index (κ3) is 3.71. The second-order valence-corrected chi connectivity index (χ2v) is 5.90. The number of aromatic carboxylic acids is 1. The van der Waals surface area contributed by atoms with Gasteiger partial charge in [-0.2, -0.15) is 0 Å². The van der Waals surface area contributed by atoms with Crippen molar-refractivity contribution in [1.29, 1.82) is 0 Å². The van der Waals surface area contributed by atoms with Crippen molar-refractivity contribution in [2.75, 3.05) is 25.0 Å². The molecule has 4 heteroatoms. The molecule has 1 atom stereocenters. The Labute approximate surface area is 136 Å². The molecule has 1 heterocycles. The molecule has 3 rings (SSSR count). The van der Waals surface area contributed by atoms with Gasteiger partial charge in [0.1, 0.15) is 0 Å². The molecule has 0 bridgehead atoms. The Bertz CT molecular complexity index is 651. The van der Waals surface area contributed by atoms with Crippen molar-refractivity contribution in [3.8, 4) is 0 Å². The Kier molecular flexibility index (Phi) is 4.93. The highest BCUT2D eigenvalue weighted by Gasteiger charge is 2.23. The third-order valence-electron chi connectivity index (χ3n) is 4.41. The molecular weight excluding hydrogens is 288 g/mol. The van der Waals surface area contributed by atoms with Crippen LogP contribution in [0.5, 0.6) is 0 Å². The third-order valence-corrected chi connectivity index (χ3v) is 4.41. The van der Waals surface area contributed by atoms with E-state index >= 15 is 0 Å². The van der Waals surface area contributed by atoms with Gasteiger partial charge >= 0.3 is 5.97 Å². The van der Waals surface area contributed by atoms with Crippen LogP contribution in [0.2, 0.25) is 0 Å². The van der Waals surface area contributed by atoms with Crippen LogP contribution in [0.15, 0.2) is 54.6 Å². The molecule has 2 aromatic carbocycles. The summed E-state index contributed by atoms with van der Waals surface area (Å²) in [6.07, 6.45) is 2.46. The van der Waals surface area contributed by atoms with E-state index in [0.29, 0.717) is 17.8 Å². The summed E-state index contributed by atoms with van der Waals surface area (Å²) in [7, 11) is 0. The predicted molar refractivity (Wildman–Crippen MR) is 91.9 cm³/mol. The molecule has 1 aliphatic rings. The molecule has 1 saturated heterocycles. The second-order valence-electron chi connectivity index (χ2n) is 5.90. The Balaban J connectivity index is 1.78. The first-order valence-electron chi connectivity index (χ1n) is 8.11. The van der Waals surface area contributed by atoms with Crippen LogP contribution in [0.1, 0.15) is 34.8 Å². The minimum Gasteiger partial charge on any atom is -0.478 e. The Morgan fingerprint density at radius 1 is 1.04 bits per heavy atom. The Morgan fingerprint density at radius 2 is 1.70 bits per heavy atom. The SMILES string of the molecule is O=C(O)c1ccccc1NCC(c1ccccc1)N1CCCC1. The maximum Gasteiger partial charge on any atom is 0.337 e. The lowest BCUT2D eigenvalue weighted by atomic mass is 10.0. The van der Waals surface area contributed by atoms with Crippen molar-refractivity contribution in [3.05, 3.63) is 65.7 Å². The lowest BCUT2D eigenvalue weighted by molar-refractivity contribution is 0.0698. The number of hydrogen-bond acceptors (Lipinski definition) is 3. The van der Waals surface area contributed by atoms with Gasteiger partial charge < -0.3 is 10.4 Å². The van der Waals surface area contributed by atoms with Gasteiger partial charge in [0.05, 0.1) is 11.6 Å². The van der Waals surface area contributed by atoms with Crippen LogP contribution in [0.4, 0.5) is 5.69 Å². The number of carboxylic acid groups (broad SMARTS) is 1. The maximum atomic E-state index is 11.3. The highest BCUT2D eigenvalue weighted by atomic mass is 16.4.